The highest BCUT2D eigenvalue weighted by atomic mass is 32.1. The number of rotatable bonds is 7. The van der Waals surface area contributed by atoms with E-state index in [-0.39, 0.29) is 43.3 Å². The molecule has 5 nitrogen and oxygen atoms in total. The maximum Gasteiger partial charge on any atom is 0.334 e. The molecule has 1 amide bonds. The van der Waals surface area contributed by atoms with Crippen LogP contribution in [-0.2, 0) is 19.1 Å². The molecule has 1 atom stereocenters. The van der Waals surface area contributed by atoms with Crippen LogP contribution in [0.3, 0.4) is 0 Å². The molecule has 0 aliphatic heterocycles. The van der Waals surface area contributed by atoms with Crippen molar-refractivity contribution in [3.63, 3.8) is 0 Å². The van der Waals surface area contributed by atoms with E-state index in [0.29, 0.717) is 0 Å². The molecule has 0 rings (SSSR count). The normalized spacial score (nSPS) is 11.6. The van der Waals surface area contributed by atoms with Crippen LogP contribution in [-0.4, -0.2) is 29.8 Å². The van der Waals surface area contributed by atoms with Crippen molar-refractivity contribution in [3.05, 3.63) is 12.2 Å². The van der Waals surface area contributed by atoms with Crippen LogP contribution in [0.1, 0.15) is 41.0 Å². The summed E-state index contributed by atoms with van der Waals surface area (Å²) in [6.07, 6.45) is -0.421. The Kier molecular flexibility index (Phi) is 10.1. The third-order valence-corrected chi connectivity index (χ3v) is 2.43. The second-order valence-electron chi connectivity index (χ2n) is 5.13. The summed E-state index contributed by atoms with van der Waals surface area (Å²) in [4.78, 5) is 34.6. The molecular formula is C14H25NO4S. The number of esters is 1. The average molecular weight is 303 g/mol. The lowest BCUT2D eigenvalue weighted by Crippen LogP contribution is -2.43. The molecule has 0 aromatic heterocycles. The molecule has 0 bridgehead atoms. The second-order valence-corrected chi connectivity index (χ2v) is 5.13. The van der Waals surface area contributed by atoms with Gasteiger partial charge in [0.15, 0.2) is 5.78 Å². The summed E-state index contributed by atoms with van der Waals surface area (Å²) in [6, 6.07) is -0.540. The Labute approximate surface area is 127 Å². The first kappa shape index (κ1) is 21.0. The van der Waals surface area contributed by atoms with Gasteiger partial charge in [-0.25, -0.2) is 4.79 Å². The molecule has 0 aliphatic rings. The summed E-state index contributed by atoms with van der Waals surface area (Å²) in [7, 11) is 0. The lowest BCUT2D eigenvalue weighted by molar-refractivity contribution is -0.143. The third kappa shape index (κ3) is 7.99. The Morgan fingerprint density at radius 1 is 1.15 bits per heavy atom. The van der Waals surface area contributed by atoms with E-state index >= 15 is 0 Å². The van der Waals surface area contributed by atoms with Gasteiger partial charge in [0.1, 0.15) is 0 Å². The van der Waals surface area contributed by atoms with Gasteiger partial charge in [-0.05, 0) is 26.7 Å². The fraction of sp³-hybridized carbons (Fsp3) is 0.643. The molecule has 1 unspecified atom stereocenters. The Balaban J connectivity index is 0. The van der Waals surface area contributed by atoms with Crippen LogP contribution in [0.4, 0.5) is 0 Å². The van der Waals surface area contributed by atoms with Crippen LogP contribution in [0.2, 0.25) is 0 Å². The van der Waals surface area contributed by atoms with Crippen LogP contribution >= 0.6 is 13.5 Å². The summed E-state index contributed by atoms with van der Waals surface area (Å²) >= 11 is 0. The minimum absolute atomic E-state index is 0. The minimum atomic E-state index is -0.589. The molecule has 20 heavy (non-hydrogen) atoms. The highest BCUT2D eigenvalue weighted by Crippen LogP contribution is 2.07. The number of amides is 1. The standard InChI is InChI=1S/C14H23NO4.H2S/c1-8(2)13(11(6)16)15-12(17)7-10(5)14(18)19-9(3)4;/h8-9,13H,5,7H2,1-4,6H3,(H,15,17);1H2. The first-order chi connectivity index (χ1) is 8.65. The van der Waals surface area contributed by atoms with Gasteiger partial charge >= 0.3 is 5.97 Å². The van der Waals surface area contributed by atoms with E-state index in [9.17, 15) is 14.4 Å². The minimum Gasteiger partial charge on any atom is -0.460 e. The van der Waals surface area contributed by atoms with Crippen molar-refractivity contribution in [1.82, 2.24) is 5.32 Å². The number of nitrogens with one attached hydrogen (secondary N) is 1. The first-order valence-corrected chi connectivity index (χ1v) is 6.33. The van der Waals surface area contributed by atoms with Crippen LogP contribution in [0.15, 0.2) is 12.2 Å². The molecule has 1 N–H and O–H groups in total. The summed E-state index contributed by atoms with van der Waals surface area (Å²) in [5.41, 5.74) is 0.0808. The molecule has 0 fully saturated rings. The number of hydrogen-bond acceptors (Lipinski definition) is 4. The van der Waals surface area contributed by atoms with Gasteiger partial charge in [-0.3, -0.25) is 9.59 Å². The van der Waals surface area contributed by atoms with Gasteiger partial charge in [-0.15, -0.1) is 0 Å². The van der Waals surface area contributed by atoms with Gasteiger partial charge in [-0.2, -0.15) is 13.5 Å². The van der Waals surface area contributed by atoms with Crippen LogP contribution in [0.5, 0.6) is 0 Å². The molecule has 116 valence electrons. The Morgan fingerprint density at radius 2 is 1.65 bits per heavy atom. The predicted molar refractivity (Wildman–Crippen MR) is 82.8 cm³/mol. The number of Topliss-reactive ketones (excluding diaryl/α,β-unsaturated/α-hetero) is 1. The fourth-order valence-corrected chi connectivity index (χ4v) is 1.53. The second kappa shape index (κ2) is 9.58. The zero-order chi connectivity index (χ0) is 15.2. The third-order valence-electron chi connectivity index (χ3n) is 2.43. The molecule has 0 aromatic carbocycles. The molecule has 0 saturated carbocycles. The van der Waals surface area contributed by atoms with Gasteiger partial charge in [0.25, 0.3) is 0 Å². The van der Waals surface area contributed by atoms with Crippen LogP contribution in [0.25, 0.3) is 0 Å². The molecule has 0 aromatic rings. The van der Waals surface area contributed by atoms with Gasteiger partial charge in [0.05, 0.1) is 18.6 Å². The zero-order valence-electron chi connectivity index (χ0n) is 12.8. The maximum atomic E-state index is 11.7. The Hall–Kier alpha value is -1.30. The van der Waals surface area contributed by atoms with Crippen molar-refractivity contribution in [1.29, 1.82) is 0 Å². The number of carbonyl (C=O) groups excluding carboxylic acids is 3. The summed E-state index contributed by atoms with van der Waals surface area (Å²) in [5.74, 6) is -1.11. The van der Waals surface area contributed by atoms with E-state index in [1.54, 1.807) is 13.8 Å². The number of hydrogen-bond donors (Lipinski definition) is 1. The van der Waals surface area contributed by atoms with Crippen molar-refractivity contribution in [2.45, 2.75) is 53.2 Å². The first-order valence-electron chi connectivity index (χ1n) is 6.33. The highest BCUT2D eigenvalue weighted by molar-refractivity contribution is 7.59. The van der Waals surface area contributed by atoms with Gasteiger partial charge in [-0.1, -0.05) is 20.4 Å². The predicted octanol–water partition coefficient (Wildman–Crippen LogP) is 1.73. The molecule has 0 radical (unpaired) electrons. The summed E-state index contributed by atoms with van der Waals surface area (Å²) < 4.78 is 4.93. The van der Waals surface area contributed by atoms with Crippen molar-refractivity contribution in [2.75, 3.05) is 0 Å². The van der Waals surface area contributed by atoms with E-state index in [1.165, 1.54) is 6.92 Å². The molecule has 0 spiro atoms. The van der Waals surface area contributed by atoms with Crippen molar-refractivity contribution >= 4 is 31.2 Å². The van der Waals surface area contributed by atoms with E-state index in [0.717, 1.165) is 0 Å². The van der Waals surface area contributed by atoms with Gasteiger partial charge in [0.2, 0.25) is 5.91 Å². The smallest absolute Gasteiger partial charge is 0.334 e. The van der Waals surface area contributed by atoms with E-state index < -0.39 is 17.9 Å². The maximum absolute atomic E-state index is 11.7. The molecule has 0 aliphatic carbocycles. The van der Waals surface area contributed by atoms with E-state index in [2.05, 4.69) is 11.9 Å². The molecule has 6 heteroatoms. The highest BCUT2D eigenvalue weighted by Gasteiger charge is 2.22. The molecular weight excluding hydrogens is 278 g/mol. The van der Waals surface area contributed by atoms with Crippen molar-refractivity contribution in [3.8, 4) is 0 Å². The summed E-state index contributed by atoms with van der Waals surface area (Å²) in [6.45, 7) is 12.1. The molecule has 0 heterocycles. The van der Waals surface area contributed by atoms with Gasteiger partial charge in [0, 0.05) is 5.57 Å². The monoisotopic (exact) mass is 303 g/mol. The van der Waals surface area contributed by atoms with Gasteiger partial charge < -0.3 is 10.1 Å². The number of ether oxygens (including phenoxy) is 1. The molecule has 0 saturated heterocycles. The van der Waals surface area contributed by atoms with Crippen LogP contribution in [0, 0.1) is 5.92 Å². The Bertz CT molecular complexity index is 377. The van der Waals surface area contributed by atoms with E-state index in [1.807, 2.05) is 13.8 Å². The number of ketones is 1. The SMILES string of the molecule is C=C(CC(=O)NC(C(C)=O)C(C)C)C(=O)OC(C)C.S. The summed E-state index contributed by atoms with van der Waals surface area (Å²) in [5, 5.41) is 2.60. The number of carbonyl (C=O) groups is 3. The Morgan fingerprint density at radius 3 is 2.00 bits per heavy atom. The van der Waals surface area contributed by atoms with Crippen LogP contribution < -0.4 is 5.32 Å². The topological polar surface area (TPSA) is 72.5 Å². The fourth-order valence-electron chi connectivity index (χ4n) is 1.53. The lowest BCUT2D eigenvalue weighted by atomic mass is 10.0. The van der Waals surface area contributed by atoms with Crippen molar-refractivity contribution in [2.24, 2.45) is 5.92 Å². The lowest BCUT2D eigenvalue weighted by Gasteiger charge is -2.19. The largest absolute Gasteiger partial charge is 0.460 e. The van der Waals surface area contributed by atoms with E-state index in [4.69, 9.17) is 4.74 Å². The average Bonchev–Trinajstić information content (AvgIpc) is 2.23. The van der Waals surface area contributed by atoms with Crippen molar-refractivity contribution < 1.29 is 19.1 Å². The zero-order valence-corrected chi connectivity index (χ0v) is 13.8. The quantitative estimate of drug-likeness (QED) is 0.574.